The molecule has 3 heteroatoms. The molecule has 0 aliphatic heterocycles. The first-order valence-electron chi connectivity index (χ1n) is 6.27. The van der Waals surface area contributed by atoms with Crippen molar-refractivity contribution in [1.29, 1.82) is 0 Å². The molecule has 0 radical (unpaired) electrons. The zero-order chi connectivity index (χ0) is 14.0. The Bertz CT molecular complexity index is 593. The Morgan fingerprint density at radius 2 is 1.79 bits per heavy atom. The molecule has 2 rings (SSSR count). The van der Waals surface area contributed by atoms with Crippen LogP contribution in [0.3, 0.4) is 0 Å². The molecule has 2 aromatic rings. The number of hydrogen-bond acceptors (Lipinski definition) is 2. The predicted octanol–water partition coefficient (Wildman–Crippen LogP) is 5.24. The van der Waals surface area contributed by atoms with Crippen LogP contribution in [0.1, 0.15) is 29.7 Å². The second-order valence-electron chi connectivity index (χ2n) is 4.85. The van der Waals surface area contributed by atoms with Crippen molar-refractivity contribution in [2.24, 2.45) is 5.73 Å². The van der Waals surface area contributed by atoms with Crippen LogP contribution in [0.25, 0.3) is 0 Å². The van der Waals surface area contributed by atoms with Crippen LogP contribution >= 0.6 is 27.7 Å². The van der Waals surface area contributed by atoms with Gasteiger partial charge in [-0.05, 0) is 71.6 Å². The summed E-state index contributed by atoms with van der Waals surface area (Å²) in [6.45, 7) is 6.27. The average molecular weight is 336 g/mol. The number of benzene rings is 2. The second-order valence-corrected chi connectivity index (χ2v) is 6.79. The monoisotopic (exact) mass is 335 g/mol. The third-order valence-electron chi connectivity index (χ3n) is 3.05. The van der Waals surface area contributed by atoms with Crippen molar-refractivity contribution in [3.05, 3.63) is 57.6 Å². The molecule has 0 aliphatic carbocycles. The maximum absolute atomic E-state index is 5.90. The standard InChI is InChI=1S/C16H18BrNS/c1-10-4-5-11(2)16(8-10)19-15-7-6-13(12(3)18)9-14(15)17/h4-9,12H,18H2,1-3H3/t12-/m1/s1. The summed E-state index contributed by atoms with van der Waals surface area (Å²) >= 11 is 5.43. The first-order valence-corrected chi connectivity index (χ1v) is 7.88. The summed E-state index contributed by atoms with van der Waals surface area (Å²) < 4.78 is 1.10. The van der Waals surface area contributed by atoms with Crippen LogP contribution in [0.4, 0.5) is 0 Å². The van der Waals surface area contributed by atoms with Crippen molar-refractivity contribution in [2.45, 2.75) is 36.6 Å². The zero-order valence-corrected chi connectivity index (χ0v) is 13.8. The van der Waals surface area contributed by atoms with E-state index >= 15 is 0 Å². The summed E-state index contributed by atoms with van der Waals surface area (Å²) in [7, 11) is 0. The normalized spacial score (nSPS) is 12.5. The summed E-state index contributed by atoms with van der Waals surface area (Å²) in [4.78, 5) is 2.52. The first-order chi connectivity index (χ1) is 8.97. The molecule has 0 heterocycles. The molecule has 1 atom stereocenters. The average Bonchev–Trinajstić information content (AvgIpc) is 2.36. The van der Waals surface area contributed by atoms with E-state index in [0.29, 0.717) is 0 Å². The molecule has 0 bridgehead atoms. The summed E-state index contributed by atoms with van der Waals surface area (Å²) in [5.74, 6) is 0. The van der Waals surface area contributed by atoms with Gasteiger partial charge in [0.1, 0.15) is 0 Å². The van der Waals surface area contributed by atoms with Gasteiger partial charge < -0.3 is 5.73 Å². The Balaban J connectivity index is 2.31. The highest BCUT2D eigenvalue weighted by molar-refractivity contribution is 9.10. The molecule has 0 aliphatic rings. The van der Waals surface area contributed by atoms with E-state index in [9.17, 15) is 0 Å². The Hall–Kier alpha value is -0.770. The molecule has 2 N–H and O–H groups in total. The molecular formula is C16H18BrNS. The fraction of sp³-hybridized carbons (Fsp3) is 0.250. The quantitative estimate of drug-likeness (QED) is 0.830. The highest BCUT2D eigenvalue weighted by Gasteiger charge is 2.08. The van der Waals surface area contributed by atoms with E-state index in [-0.39, 0.29) is 6.04 Å². The molecule has 2 aromatic carbocycles. The highest BCUT2D eigenvalue weighted by Crippen LogP contribution is 2.36. The largest absolute Gasteiger partial charge is 0.324 e. The molecule has 1 nitrogen and oxygen atoms in total. The van der Waals surface area contributed by atoms with Crippen LogP contribution in [0.15, 0.2) is 50.7 Å². The molecule has 100 valence electrons. The molecule has 0 amide bonds. The Morgan fingerprint density at radius 1 is 1.05 bits per heavy atom. The summed E-state index contributed by atoms with van der Waals surface area (Å²) in [5, 5.41) is 0. The van der Waals surface area contributed by atoms with Crippen LogP contribution in [0.5, 0.6) is 0 Å². The van der Waals surface area contributed by atoms with Gasteiger partial charge in [-0.15, -0.1) is 0 Å². The second kappa shape index (κ2) is 6.12. The van der Waals surface area contributed by atoms with Gasteiger partial charge in [0.05, 0.1) is 0 Å². The van der Waals surface area contributed by atoms with Crippen molar-refractivity contribution in [3.63, 3.8) is 0 Å². The maximum Gasteiger partial charge on any atom is 0.0318 e. The Morgan fingerprint density at radius 3 is 2.42 bits per heavy atom. The predicted molar refractivity (Wildman–Crippen MR) is 86.8 cm³/mol. The minimum absolute atomic E-state index is 0.0658. The van der Waals surface area contributed by atoms with E-state index in [4.69, 9.17) is 5.73 Å². The van der Waals surface area contributed by atoms with Crippen LogP contribution in [0.2, 0.25) is 0 Å². The van der Waals surface area contributed by atoms with Gasteiger partial charge in [0, 0.05) is 20.3 Å². The smallest absolute Gasteiger partial charge is 0.0318 e. The molecule has 0 saturated carbocycles. The van der Waals surface area contributed by atoms with Crippen LogP contribution in [-0.4, -0.2) is 0 Å². The fourth-order valence-electron chi connectivity index (χ4n) is 1.82. The van der Waals surface area contributed by atoms with Crippen LogP contribution < -0.4 is 5.73 Å². The number of aryl methyl sites for hydroxylation is 2. The third kappa shape index (κ3) is 3.62. The molecular weight excluding hydrogens is 318 g/mol. The van der Waals surface area contributed by atoms with E-state index < -0.39 is 0 Å². The Labute approximate surface area is 127 Å². The van der Waals surface area contributed by atoms with Crippen molar-refractivity contribution in [3.8, 4) is 0 Å². The lowest BCUT2D eigenvalue weighted by molar-refractivity contribution is 0.815. The molecule has 0 spiro atoms. The van der Waals surface area contributed by atoms with Crippen molar-refractivity contribution < 1.29 is 0 Å². The van der Waals surface area contributed by atoms with E-state index in [0.717, 1.165) is 10.0 Å². The van der Waals surface area contributed by atoms with Crippen molar-refractivity contribution >= 4 is 27.7 Å². The van der Waals surface area contributed by atoms with Crippen LogP contribution in [0, 0.1) is 13.8 Å². The molecule has 0 aromatic heterocycles. The lowest BCUT2D eigenvalue weighted by Gasteiger charge is -2.11. The summed E-state index contributed by atoms with van der Waals surface area (Å²) in [6.07, 6.45) is 0. The lowest BCUT2D eigenvalue weighted by atomic mass is 10.1. The van der Waals surface area contributed by atoms with Gasteiger partial charge in [-0.25, -0.2) is 0 Å². The number of rotatable bonds is 3. The topological polar surface area (TPSA) is 26.0 Å². The van der Waals surface area contributed by atoms with Gasteiger partial charge in [0.15, 0.2) is 0 Å². The fourth-order valence-corrected chi connectivity index (χ4v) is 3.46. The molecule has 19 heavy (non-hydrogen) atoms. The Kier molecular flexibility index (Phi) is 4.71. The van der Waals surface area contributed by atoms with E-state index in [1.54, 1.807) is 11.8 Å². The summed E-state index contributed by atoms with van der Waals surface area (Å²) in [6, 6.07) is 13.0. The highest BCUT2D eigenvalue weighted by atomic mass is 79.9. The van der Waals surface area contributed by atoms with E-state index in [2.05, 4.69) is 66.2 Å². The van der Waals surface area contributed by atoms with Gasteiger partial charge in [-0.2, -0.15) is 0 Å². The minimum atomic E-state index is 0.0658. The SMILES string of the molecule is Cc1ccc(C)c(Sc2ccc([C@@H](C)N)cc2Br)c1. The number of hydrogen-bond donors (Lipinski definition) is 1. The third-order valence-corrected chi connectivity index (χ3v) is 5.20. The van der Waals surface area contributed by atoms with Gasteiger partial charge >= 0.3 is 0 Å². The van der Waals surface area contributed by atoms with Gasteiger partial charge in [-0.3, -0.25) is 0 Å². The van der Waals surface area contributed by atoms with Crippen molar-refractivity contribution in [2.75, 3.05) is 0 Å². The lowest BCUT2D eigenvalue weighted by Crippen LogP contribution is -2.04. The minimum Gasteiger partial charge on any atom is -0.324 e. The maximum atomic E-state index is 5.90. The van der Waals surface area contributed by atoms with Crippen LogP contribution in [-0.2, 0) is 0 Å². The molecule has 0 fully saturated rings. The number of nitrogens with two attached hydrogens (primary N) is 1. The van der Waals surface area contributed by atoms with Gasteiger partial charge in [0.2, 0.25) is 0 Å². The first kappa shape index (κ1) is 14.6. The van der Waals surface area contributed by atoms with E-state index in [1.807, 2.05) is 6.92 Å². The van der Waals surface area contributed by atoms with Gasteiger partial charge in [-0.1, -0.05) is 30.0 Å². The zero-order valence-electron chi connectivity index (χ0n) is 11.4. The van der Waals surface area contributed by atoms with Crippen molar-refractivity contribution in [1.82, 2.24) is 0 Å². The van der Waals surface area contributed by atoms with E-state index in [1.165, 1.54) is 20.9 Å². The summed E-state index contributed by atoms with van der Waals surface area (Å²) in [5.41, 5.74) is 9.64. The number of halogens is 1. The molecule has 0 unspecified atom stereocenters. The molecule has 0 saturated heterocycles. The van der Waals surface area contributed by atoms with Gasteiger partial charge in [0.25, 0.3) is 0 Å².